The molecule has 1 aromatic heterocycles. The van der Waals surface area contributed by atoms with Crippen LogP contribution in [0, 0.1) is 13.8 Å². The molecule has 0 saturated heterocycles. The highest BCUT2D eigenvalue weighted by Gasteiger charge is 2.24. The molecule has 0 amide bonds. The van der Waals surface area contributed by atoms with Crippen LogP contribution in [0.2, 0.25) is 0 Å². The number of hydrogen-bond donors (Lipinski definition) is 2. The Bertz CT molecular complexity index is 995. The molecule has 26 heavy (non-hydrogen) atoms. The molecule has 10 heteroatoms. The molecule has 1 aromatic carbocycles. The van der Waals surface area contributed by atoms with E-state index in [0.29, 0.717) is 17.9 Å². The molecule has 2 aromatic rings. The standard InChI is InChI=1S/C16H24N4O4S2/c1-5-6-10-17-25(21,22)15-9-7-8-14(11-15)19-26(23,24)16-12(2)18-20(4)13(16)3/h7-9,11,17,19H,5-6,10H2,1-4H3. The van der Waals surface area contributed by atoms with Gasteiger partial charge < -0.3 is 0 Å². The van der Waals surface area contributed by atoms with Crippen LogP contribution >= 0.6 is 0 Å². The van der Waals surface area contributed by atoms with Crippen LogP contribution < -0.4 is 9.44 Å². The first-order valence-corrected chi connectivity index (χ1v) is 11.2. The lowest BCUT2D eigenvalue weighted by Crippen LogP contribution is -2.25. The molecule has 0 spiro atoms. The van der Waals surface area contributed by atoms with Crippen LogP contribution in [0.1, 0.15) is 31.2 Å². The molecular weight excluding hydrogens is 376 g/mol. The number of unbranched alkanes of at least 4 members (excludes halogenated alkanes) is 1. The van der Waals surface area contributed by atoms with Gasteiger partial charge in [-0.05, 0) is 38.5 Å². The van der Waals surface area contributed by atoms with Crippen LogP contribution in [-0.2, 0) is 27.1 Å². The van der Waals surface area contributed by atoms with Gasteiger partial charge in [0, 0.05) is 13.6 Å². The Morgan fingerprint density at radius 3 is 2.38 bits per heavy atom. The Labute approximate surface area is 154 Å². The van der Waals surface area contributed by atoms with Crippen LogP contribution in [0.3, 0.4) is 0 Å². The Morgan fingerprint density at radius 2 is 1.81 bits per heavy atom. The molecule has 0 aliphatic rings. The van der Waals surface area contributed by atoms with Gasteiger partial charge in [-0.3, -0.25) is 9.40 Å². The van der Waals surface area contributed by atoms with E-state index in [1.807, 2.05) is 6.92 Å². The van der Waals surface area contributed by atoms with Gasteiger partial charge in [-0.2, -0.15) is 5.10 Å². The number of nitrogens with one attached hydrogen (secondary N) is 2. The van der Waals surface area contributed by atoms with Crippen molar-refractivity contribution in [2.75, 3.05) is 11.3 Å². The van der Waals surface area contributed by atoms with Crippen molar-refractivity contribution in [3.63, 3.8) is 0 Å². The first-order chi connectivity index (χ1) is 12.1. The second-order valence-electron chi connectivity index (χ2n) is 6.01. The Hall–Kier alpha value is -1.91. The maximum absolute atomic E-state index is 12.7. The number of aryl methyl sites for hydroxylation is 2. The number of aromatic nitrogens is 2. The lowest BCUT2D eigenvalue weighted by molar-refractivity contribution is 0.578. The van der Waals surface area contributed by atoms with Gasteiger partial charge in [0.2, 0.25) is 10.0 Å². The largest absolute Gasteiger partial charge is 0.279 e. The zero-order chi connectivity index (χ0) is 19.5. The van der Waals surface area contributed by atoms with Crippen molar-refractivity contribution in [2.24, 2.45) is 7.05 Å². The maximum Gasteiger partial charge on any atom is 0.265 e. The smallest absolute Gasteiger partial charge is 0.265 e. The Kier molecular flexibility index (Phi) is 6.09. The quantitative estimate of drug-likeness (QED) is 0.658. The van der Waals surface area contributed by atoms with E-state index in [2.05, 4.69) is 14.5 Å². The van der Waals surface area contributed by atoms with E-state index in [-0.39, 0.29) is 15.5 Å². The summed E-state index contributed by atoms with van der Waals surface area (Å²) in [6.07, 6.45) is 1.59. The third kappa shape index (κ3) is 4.43. The number of hydrogen-bond acceptors (Lipinski definition) is 5. The van der Waals surface area contributed by atoms with Gasteiger partial charge in [0.1, 0.15) is 4.90 Å². The molecule has 2 N–H and O–H groups in total. The van der Waals surface area contributed by atoms with Crippen molar-refractivity contribution >= 4 is 25.7 Å². The van der Waals surface area contributed by atoms with E-state index < -0.39 is 20.0 Å². The molecule has 0 atom stereocenters. The molecule has 0 unspecified atom stereocenters. The Balaban J connectivity index is 2.31. The summed E-state index contributed by atoms with van der Waals surface area (Å²) in [5, 5.41) is 4.11. The number of nitrogens with zero attached hydrogens (tertiary/aromatic N) is 2. The zero-order valence-corrected chi connectivity index (χ0v) is 16.9. The summed E-state index contributed by atoms with van der Waals surface area (Å²) >= 11 is 0. The van der Waals surface area contributed by atoms with Gasteiger partial charge in [0.25, 0.3) is 10.0 Å². The monoisotopic (exact) mass is 400 g/mol. The first kappa shape index (κ1) is 20.4. The molecule has 144 valence electrons. The maximum atomic E-state index is 12.7. The van der Waals surface area contributed by atoms with E-state index >= 15 is 0 Å². The normalized spacial score (nSPS) is 12.3. The fraction of sp³-hybridized carbons (Fsp3) is 0.438. The van der Waals surface area contributed by atoms with Crippen LogP contribution in [0.25, 0.3) is 0 Å². The minimum absolute atomic E-state index is 0.00781. The van der Waals surface area contributed by atoms with Crippen molar-refractivity contribution in [1.82, 2.24) is 14.5 Å². The van der Waals surface area contributed by atoms with Crippen LogP contribution in [-0.4, -0.2) is 33.2 Å². The lowest BCUT2D eigenvalue weighted by Gasteiger charge is -2.11. The topological polar surface area (TPSA) is 110 Å². The van der Waals surface area contributed by atoms with Gasteiger partial charge in [0.15, 0.2) is 0 Å². The molecule has 8 nitrogen and oxygen atoms in total. The first-order valence-electron chi connectivity index (χ1n) is 8.21. The average molecular weight is 401 g/mol. The van der Waals surface area contributed by atoms with E-state index in [1.54, 1.807) is 20.9 Å². The molecule has 0 bridgehead atoms. The van der Waals surface area contributed by atoms with E-state index in [0.717, 1.165) is 12.8 Å². The zero-order valence-electron chi connectivity index (χ0n) is 15.3. The highest BCUT2D eigenvalue weighted by Crippen LogP contribution is 2.23. The predicted octanol–water partition coefficient (Wildman–Crippen LogP) is 1.92. The summed E-state index contributed by atoms with van der Waals surface area (Å²) in [6, 6.07) is 5.72. The SMILES string of the molecule is CCCCNS(=O)(=O)c1cccc(NS(=O)(=O)c2c(C)nn(C)c2C)c1. The van der Waals surface area contributed by atoms with Crippen LogP contribution in [0.4, 0.5) is 5.69 Å². The second kappa shape index (κ2) is 7.77. The van der Waals surface area contributed by atoms with E-state index in [9.17, 15) is 16.8 Å². The second-order valence-corrected chi connectivity index (χ2v) is 9.39. The summed E-state index contributed by atoms with van der Waals surface area (Å²) in [6.45, 7) is 5.57. The van der Waals surface area contributed by atoms with Crippen LogP contribution in [0.15, 0.2) is 34.1 Å². The summed E-state index contributed by atoms with van der Waals surface area (Å²) in [4.78, 5) is 0.0998. The highest BCUT2D eigenvalue weighted by molar-refractivity contribution is 7.92. The fourth-order valence-corrected chi connectivity index (χ4v) is 5.15. The van der Waals surface area contributed by atoms with Gasteiger partial charge in [-0.25, -0.2) is 21.6 Å². The molecule has 0 radical (unpaired) electrons. The van der Waals surface area contributed by atoms with Crippen LogP contribution in [0.5, 0.6) is 0 Å². The molecule has 0 fully saturated rings. The lowest BCUT2D eigenvalue weighted by atomic mass is 10.3. The molecule has 0 aliphatic heterocycles. The fourth-order valence-electron chi connectivity index (χ4n) is 2.54. The van der Waals surface area contributed by atoms with Crippen molar-refractivity contribution in [3.05, 3.63) is 35.7 Å². The van der Waals surface area contributed by atoms with Gasteiger partial charge in [0.05, 0.1) is 22.0 Å². The van der Waals surface area contributed by atoms with Crippen molar-refractivity contribution < 1.29 is 16.8 Å². The number of sulfonamides is 2. The third-order valence-corrected chi connectivity index (χ3v) is 7.02. The Morgan fingerprint density at radius 1 is 1.12 bits per heavy atom. The summed E-state index contributed by atoms with van der Waals surface area (Å²) < 4.78 is 56.4. The van der Waals surface area contributed by atoms with Crippen molar-refractivity contribution in [1.29, 1.82) is 0 Å². The molecule has 1 heterocycles. The highest BCUT2D eigenvalue weighted by atomic mass is 32.2. The molecular formula is C16H24N4O4S2. The summed E-state index contributed by atoms with van der Waals surface area (Å²) in [5.74, 6) is 0. The van der Waals surface area contributed by atoms with Gasteiger partial charge in [-0.15, -0.1) is 0 Å². The summed E-state index contributed by atoms with van der Waals surface area (Å²) in [7, 11) is -5.91. The minimum Gasteiger partial charge on any atom is -0.279 e. The minimum atomic E-state index is -3.89. The molecule has 0 saturated carbocycles. The average Bonchev–Trinajstić information content (AvgIpc) is 2.80. The number of benzene rings is 1. The van der Waals surface area contributed by atoms with E-state index in [1.165, 1.54) is 28.9 Å². The van der Waals surface area contributed by atoms with E-state index in [4.69, 9.17) is 0 Å². The molecule has 0 aliphatic carbocycles. The summed E-state index contributed by atoms with van der Waals surface area (Å²) in [5.41, 5.74) is 1.05. The number of rotatable bonds is 8. The van der Waals surface area contributed by atoms with Gasteiger partial charge in [-0.1, -0.05) is 19.4 Å². The van der Waals surface area contributed by atoms with Crippen molar-refractivity contribution in [2.45, 2.75) is 43.4 Å². The molecule has 2 rings (SSSR count). The predicted molar refractivity (Wildman–Crippen MR) is 100 cm³/mol. The van der Waals surface area contributed by atoms with Crippen molar-refractivity contribution in [3.8, 4) is 0 Å². The third-order valence-electron chi connectivity index (χ3n) is 3.93. The number of anilines is 1. The van der Waals surface area contributed by atoms with Gasteiger partial charge >= 0.3 is 0 Å².